The maximum atomic E-state index is 14.5. The van der Waals surface area contributed by atoms with Gasteiger partial charge in [-0.25, -0.2) is 0 Å². The summed E-state index contributed by atoms with van der Waals surface area (Å²) in [5.41, 5.74) is 8.03. The third-order valence-corrected chi connectivity index (χ3v) is 23.6. The number of hydrogen-bond acceptors (Lipinski definition) is 17. The van der Waals surface area contributed by atoms with Crippen LogP contribution in [0.2, 0.25) is 0 Å². The zero-order valence-electron chi connectivity index (χ0n) is 51.0. The first kappa shape index (κ1) is 65.7. The van der Waals surface area contributed by atoms with Crippen LogP contribution in [0.15, 0.2) is 91.0 Å². The lowest BCUT2D eigenvalue weighted by atomic mass is 9.97. The van der Waals surface area contributed by atoms with E-state index in [2.05, 4.69) is 20.9 Å². The van der Waals surface area contributed by atoms with Crippen molar-refractivity contribution in [1.29, 1.82) is 0 Å². The normalized spacial score (nSPS) is 18.0. The number of benzene rings is 5. The van der Waals surface area contributed by atoms with Crippen LogP contribution >= 0.6 is 21.6 Å². The molecule has 5 aromatic carbocycles. The number of amides is 4. The molecule has 5 aromatic rings. The molecular weight excluding hydrogens is 1200 g/mol. The van der Waals surface area contributed by atoms with Gasteiger partial charge in [0.15, 0.2) is 23.1 Å². The topological polar surface area (TPSA) is 247 Å². The molecular formula is C65H76N4O15S4. The van der Waals surface area contributed by atoms with Crippen molar-refractivity contribution in [3.05, 3.63) is 141 Å². The van der Waals surface area contributed by atoms with E-state index >= 15 is 0 Å². The number of ether oxygens (including phenoxy) is 3. The van der Waals surface area contributed by atoms with Crippen molar-refractivity contribution in [3.8, 4) is 17.2 Å². The lowest BCUT2D eigenvalue weighted by molar-refractivity contribution is -0.129. The van der Waals surface area contributed by atoms with E-state index in [1.54, 1.807) is 56.0 Å². The molecule has 4 heterocycles. The first-order chi connectivity index (χ1) is 41.8. The highest BCUT2D eigenvalue weighted by atomic mass is 33.1. The Labute approximate surface area is 523 Å². The summed E-state index contributed by atoms with van der Waals surface area (Å²) in [5, 5.41) is 3.43. The number of nitrogens with one attached hydrogen (secondary N) is 2. The van der Waals surface area contributed by atoms with Crippen LogP contribution in [-0.2, 0) is 86.7 Å². The maximum Gasteiger partial charge on any atom is 0.277 e. The first-order valence-corrected chi connectivity index (χ1v) is 34.7. The molecule has 0 saturated heterocycles. The Morgan fingerprint density at radius 1 is 0.727 bits per heavy atom. The summed E-state index contributed by atoms with van der Waals surface area (Å²) in [6.45, 7) is 10.4. The second kappa shape index (κ2) is 27.5. The summed E-state index contributed by atoms with van der Waals surface area (Å²) in [5.74, 6) is -1.28. The summed E-state index contributed by atoms with van der Waals surface area (Å²) < 4.78 is 80.2. The van der Waals surface area contributed by atoms with Crippen LogP contribution in [-0.4, -0.2) is 112 Å². The van der Waals surface area contributed by atoms with Gasteiger partial charge in [-0.3, -0.25) is 37.1 Å². The molecule has 4 aliphatic heterocycles. The smallest absolute Gasteiger partial charge is 0.277 e. The lowest BCUT2D eigenvalue weighted by Crippen LogP contribution is -2.47. The number of hydrogen-bond donors (Lipinski definition) is 2. The average Bonchev–Trinajstić information content (AvgIpc) is 1.96. The van der Waals surface area contributed by atoms with E-state index in [1.807, 2.05) is 80.3 Å². The number of aryl methyl sites for hydroxylation is 2. The van der Waals surface area contributed by atoms with Gasteiger partial charge in [-0.05, 0) is 166 Å². The first-order valence-electron chi connectivity index (χ1n) is 29.5. The number of carbonyl (C=O) groups excluding carboxylic acids is 6. The zero-order chi connectivity index (χ0) is 63.4. The van der Waals surface area contributed by atoms with Crippen molar-refractivity contribution in [3.63, 3.8) is 0 Å². The molecule has 2 N–H and O–H groups in total. The van der Waals surface area contributed by atoms with Gasteiger partial charge in [-0.2, -0.15) is 16.8 Å². The number of Topliss-reactive ketones (excluding diaryl/α,β-unsaturated/α-hetero) is 2. The summed E-state index contributed by atoms with van der Waals surface area (Å²) in [7, 11) is -1.60. The molecule has 0 fully saturated rings. The van der Waals surface area contributed by atoms with E-state index < -0.39 is 65.2 Å². The van der Waals surface area contributed by atoms with Crippen LogP contribution in [0.25, 0.3) is 0 Å². The van der Waals surface area contributed by atoms with Gasteiger partial charge >= 0.3 is 0 Å². The molecule has 0 bridgehead atoms. The number of carbonyl (C=O) groups is 6. The highest BCUT2D eigenvalue weighted by molar-refractivity contribution is 8.77. The highest BCUT2D eigenvalue weighted by Crippen LogP contribution is 2.44. The predicted octanol–water partition coefficient (Wildman–Crippen LogP) is 9.84. The van der Waals surface area contributed by atoms with Crippen molar-refractivity contribution in [2.24, 2.45) is 5.92 Å². The summed E-state index contributed by atoms with van der Waals surface area (Å²) in [6, 6.07) is 26.2. The van der Waals surface area contributed by atoms with E-state index in [1.165, 1.54) is 28.7 Å². The molecule has 470 valence electrons. The molecule has 9 rings (SSSR count). The number of ketones is 2. The SMILES string of the molecule is CCC(=O)C(CCSSC(C)(C)CCC(=O)N[C@@H](C)C(=O)C[C@H](C)C(=O)Nc1cc(COc2cc3c(cc2C)C(=O)N2c4ccccc4C[C@H]2C(S(=O)(=O)OC)C3)cc(COc2cc3c(cc2OC)C(=O)N2c4ccccc4C[C@H]2CC3)c1)S(=O)(=O)OC. The van der Waals surface area contributed by atoms with Gasteiger partial charge < -0.3 is 34.6 Å². The van der Waals surface area contributed by atoms with E-state index in [4.69, 9.17) is 18.4 Å². The number of fused-ring (bicyclic) bond motifs is 8. The third kappa shape index (κ3) is 14.6. The summed E-state index contributed by atoms with van der Waals surface area (Å²) in [6.07, 6.45) is 3.00. The van der Waals surface area contributed by atoms with Gasteiger partial charge in [-0.15, -0.1) is 0 Å². The molecule has 23 heteroatoms. The van der Waals surface area contributed by atoms with Gasteiger partial charge in [0, 0.05) is 69.9 Å². The Kier molecular flexibility index (Phi) is 20.6. The predicted molar refractivity (Wildman–Crippen MR) is 341 cm³/mol. The Morgan fingerprint density at radius 3 is 2.01 bits per heavy atom. The van der Waals surface area contributed by atoms with Crippen molar-refractivity contribution in [1.82, 2.24) is 5.32 Å². The third-order valence-electron chi connectivity index (χ3n) is 16.9. The Balaban J connectivity index is 0.895. The van der Waals surface area contributed by atoms with E-state index in [0.29, 0.717) is 87.0 Å². The fourth-order valence-electron chi connectivity index (χ4n) is 12.0. The number of methoxy groups -OCH3 is 1. The van der Waals surface area contributed by atoms with Crippen molar-refractivity contribution < 1.29 is 68.2 Å². The second-order valence-electron chi connectivity index (χ2n) is 23.5. The van der Waals surface area contributed by atoms with Crippen molar-refractivity contribution >= 4 is 94.1 Å². The molecule has 6 atom stereocenters. The van der Waals surface area contributed by atoms with Crippen LogP contribution in [0.4, 0.5) is 17.1 Å². The van der Waals surface area contributed by atoms with Crippen molar-refractivity contribution in [2.45, 2.75) is 152 Å². The van der Waals surface area contributed by atoms with Crippen LogP contribution in [0.3, 0.4) is 0 Å². The largest absolute Gasteiger partial charge is 0.493 e. The van der Waals surface area contributed by atoms with Gasteiger partial charge in [0.25, 0.3) is 32.1 Å². The van der Waals surface area contributed by atoms with Gasteiger partial charge in [0.2, 0.25) is 11.8 Å². The number of para-hydroxylation sites is 2. The van der Waals surface area contributed by atoms with Crippen molar-refractivity contribution in [2.75, 3.05) is 42.2 Å². The summed E-state index contributed by atoms with van der Waals surface area (Å²) >= 11 is 0. The van der Waals surface area contributed by atoms with E-state index in [9.17, 15) is 45.6 Å². The van der Waals surface area contributed by atoms with Gasteiger partial charge in [0.1, 0.15) is 29.5 Å². The molecule has 0 aliphatic carbocycles. The summed E-state index contributed by atoms with van der Waals surface area (Å²) in [4.78, 5) is 85.4. The molecule has 88 heavy (non-hydrogen) atoms. The Bertz CT molecular complexity index is 3760. The second-order valence-corrected chi connectivity index (χ2v) is 30.4. The number of rotatable bonds is 27. The van der Waals surface area contributed by atoms with Gasteiger partial charge in [-0.1, -0.05) is 71.8 Å². The monoisotopic (exact) mass is 1280 g/mol. The molecule has 4 aliphatic rings. The Hall–Kier alpha value is -6.76. The van der Waals surface area contributed by atoms with Crippen LogP contribution in [0, 0.1) is 12.8 Å². The highest BCUT2D eigenvalue weighted by Gasteiger charge is 2.48. The maximum absolute atomic E-state index is 14.5. The minimum Gasteiger partial charge on any atom is -0.493 e. The van der Waals surface area contributed by atoms with E-state index in [-0.39, 0.29) is 74.9 Å². The van der Waals surface area contributed by atoms with Crippen LogP contribution in [0.1, 0.15) is 133 Å². The molecule has 0 aromatic heterocycles. The number of anilines is 3. The minimum absolute atomic E-state index is 0.0100. The fourth-order valence-corrected chi connectivity index (χ4v) is 17.2. The average molecular weight is 1280 g/mol. The molecule has 4 amide bonds. The van der Waals surface area contributed by atoms with Crippen LogP contribution in [0.5, 0.6) is 17.2 Å². The molecule has 0 radical (unpaired) electrons. The molecule has 0 spiro atoms. The van der Waals surface area contributed by atoms with E-state index in [0.717, 1.165) is 49.4 Å². The Morgan fingerprint density at radius 2 is 1.35 bits per heavy atom. The molecule has 0 saturated carbocycles. The number of nitrogens with zero attached hydrogens (tertiary/aromatic N) is 2. The minimum atomic E-state index is -4.14. The zero-order valence-corrected chi connectivity index (χ0v) is 54.2. The quantitative estimate of drug-likeness (QED) is 0.0282. The molecule has 2 unspecified atom stereocenters. The van der Waals surface area contributed by atoms with Crippen LogP contribution < -0.4 is 34.6 Å². The standard InChI is InChI=1S/C65H76N4O15S4/c1-10-54(70)59(87(76,77)81-8)22-24-85-86-65(5,6)23-21-61(72)66-40(4)55(71)26-39(3)62(73)67-47-28-41(27-42(29-47)37-84-58-32-43-19-20-48-30-44-15-11-13-17-51(44)68(48)63(74)50(43)35-57(58)80-7)36-83-56-33-46-34-60(88(78,79)82-9)53-31-45-16-12-14-18-52(45)69(53)64(75)49(46)25-38(56)2/h11-18,25,27-29,32-33,35,39-40,48,53,59-60H,10,19-24,26,30-31,34,36-37H2,1-9H3,(H,66,72)(H,67,73)/t39-,40-,48+,53-,59?,60?/m0/s1. The fraction of sp³-hybridized carbons (Fsp3) is 0.446. The molecule has 19 nitrogen and oxygen atoms in total. The van der Waals surface area contributed by atoms with Gasteiger partial charge in [0.05, 0.1) is 33.4 Å². The lowest BCUT2D eigenvalue weighted by Gasteiger charge is -2.28.